The number of hydrogen-bond acceptors (Lipinski definition) is 5. The second-order valence-electron chi connectivity index (χ2n) is 7.42. The van der Waals surface area contributed by atoms with Crippen molar-refractivity contribution in [3.8, 4) is 5.75 Å². The van der Waals surface area contributed by atoms with Crippen LogP contribution in [-0.4, -0.2) is 47.4 Å². The topological polar surface area (TPSA) is 120 Å². The maximum Gasteiger partial charge on any atom is 0.573 e. The Morgan fingerprint density at radius 1 is 1.03 bits per heavy atom. The zero-order chi connectivity index (χ0) is 24.9. The van der Waals surface area contributed by atoms with Crippen LogP contribution in [0.2, 0.25) is 0 Å². The van der Waals surface area contributed by atoms with E-state index < -0.39 is 35.8 Å². The molecule has 3 rings (SSSR count). The summed E-state index contributed by atoms with van der Waals surface area (Å²) in [7, 11) is 0. The molecular weight excluding hydrogens is 464 g/mol. The Morgan fingerprint density at radius 3 is 2.29 bits per heavy atom. The van der Waals surface area contributed by atoms with Gasteiger partial charge in [0.1, 0.15) is 0 Å². The number of nitrogens with zero attached hydrogens (tertiary/aromatic N) is 1. The van der Waals surface area contributed by atoms with Gasteiger partial charge in [-0.15, -0.1) is 13.2 Å². The minimum atomic E-state index is -5.05. The minimum Gasteiger partial charge on any atom is -0.403 e. The molecule has 4 amide bonds. The van der Waals surface area contributed by atoms with Crippen LogP contribution in [0.25, 0.3) is 0 Å². The summed E-state index contributed by atoms with van der Waals surface area (Å²) < 4.78 is 53.9. The van der Waals surface area contributed by atoms with Crippen molar-refractivity contribution in [3.63, 3.8) is 0 Å². The number of piperidine rings is 1. The van der Waals surface area contributed by atoms with Gasteiger partial charge in [-0.05, 0) is 49.2 Å². The first-order chi connectivity index (χ1) is 16.1. The maximum absolute atomic E-state index is 13.8. The summed E-state index contributed by atoms with van der Waals surface area (Å²) >= 11 is 0. The molecular formula is C21H20F4N4O5. The van der Waals surface area contributed by atoms with Crippen molar-refractivity contribution in [2.45, 2.75) is 19.2 Å². The zero-order valence-corrected chi connectivity index (χ0v) is 17.5. The van der Waals surface area contributed by atoms with Crippen molar-refractivity contribution in [2.75, 3.05) is 23.7 Å². The van der Waals surface area contributed by atoms with E-state index in [1.807, 2.05) is 0 Å². The molecule has 0 saturated carbocycles. The Kier molecular flexibility index (Phi) is 7.56. The second kappa shape index (κ2) is 10.4. The summed E-state index contributed by atoms with van der Waals surface area (Å²) in [6.45, 7) is 0.622. The molecule has 1 fully saturated rings. The summed E-state index contributed by atoms with van der Waals surface area (Å²) in [6.07, 6.45) is -3.89. The Balaban J connectivity index is 1.57. The van der Waals surface area contributed by atoms with E-state index in [1.165, 1.54) is 29.2 Å². The van der Waals surface area contributed by atoms with Gasteiger partial charge in [0.25, 0.3) is 5.91 Å². The number of likely N-dealkylation sites (tertiary alicyclic amines) is 1. The maximum atomic E-state index is 13.8. The molecule has 1 aliphatic heterocycles. The lowest BCUT2D eigenvalue weighted by Gasteiger charge is -2.31. The molecule has 0 unspecified atom stereocenters. The van der Waals surface area contributed by atoms with Gasteiger partial charge in [-0.3, -0.25) is 14.8 Å². The number of hydrogen-bond donors (Lipinski definition) is 4. The summed E-state index contributed by atoms with van der Waals surface area (Å²) in [5.74, 6) is -3.72. The number of hydroxylamine groups is 1. The van der Waals surface area contributed by atoms with Gasteiger partial charge in [0.2, 0.25) is 5.91 Å². The highest BCUT2D eigenvalue weighted by Gasteiger charge is 2.32. The molecule has 1 aliphatic rings. The molecule has 0 aliphatic carbocycles. The van der Waals surface area contributed by atoms with Gasteiger partial charge in [0, 0.05) is 36.1 Å². The Bertz CT molecular complexity index is 1060. The van der Waals surface area contributed by atoms with Gasteiger partial charge in [-0.2, -0.15) is 0 Å². The number of alkyl halides is 3. The first-order valence-corrected chi connectivity index (χ1v) is 10.0. The third-order valence-corrected chi connectivity index (χ3v) is 4.99. The molecule has 1 saturated heterocycles. The fraction of sp³-hybridized carbons (Fsp3) is 0.286. The number of nitrogens with one attached hydrogen (secondary N) is 3. The number of ether oxygens (including phenoxy) is 1. The van der Waals surface area contributed by atoms with E-state index >= 15 is 0 Å². The highest BCUT2D eigenvalue weighted by atomic mass is 19.4. The monoisotopic (exact) mass is 484 g/mol. The molecule has 2 aromatic rings. The summed E-state index contributed by atoms with van der Waals surface area (Å²) in [5.41, 5.74) is 2.10. The molecule has 0 spiro atoms. The van der Waals surface area contributed by atoms with Crippen LogP contribution >= 0.6 is 0 Å². The van der Waals surface area contributed by atoms with E-state index in [1.54, 1.807) is 5.48 Å². The van der Waals surface area contributed by atoms with E-state index in [9.17, 15) is 31.9 Å². The van der Waals surface area contributed by atoms with E-state index in [-0.39, 0.29) is 18.1 Å². The van der Waals surface area contributed by atoms with Gasteiger partial charge < -0.3 is 20.3 Å². The fourth-order valence-electron chi connectivity index (χ4n) is 3.43. The van der Waals surface area contributed by atoms with Crippen LogP contribution < -0.4 is 20.9 Å². The SMILES string of the molecule is O=C(Nc1ccc(C(=O)N2CCC[C@H](C(=O)NO)C2)cc1)Nc1ccc(OC(F)(F)F)c(F)c1. The number of benzene rings is 2. The molecule has 182 valence electrons. The molecule has 13 heteroatoms. The van der Waals surface area contributed by atoms with Crippen molar-refractivity contribution in [3.05, 3.63) is 53.8 Å². The lowest BCUT2D eigenvalue weighted by atomic mass is 9.97. The predicted molar refractivity (Wildman–Crippen MR) is 111 cm³/mol. The highest BCUT2D eigenvalue weighted by molar-refractivity contribution is 6.00. The Morgan fingerprint density at radius 2 is 1.68 bits per heavy atom. The highest BCUT2D eigenvalue weighted by Crippen LogP contribution is 2.27. The van der Waals surface area contributed by atoms with Crippen molar-refractivity contribution >= 4 is 29.2 Å². The molecule has 0 radical (unpaired) electrons. The molecule has 0 aromatic heterocycles. The standard InChI is InChI=1S/C21H20F4N4O5/c22-16-10-15(7-8-17(16)34-21(23,24)25)27-20(32)26-14-5-3-12(4-6-14)19(31)29-9-1-2-13(11-29)18(30)28-33/h3-8,10,13,33H,1-2,9,11H2,(H,28,30)(H2,26,27,32)/t13-/m0/s1. The van der Waals surface area contributed by atoms with Crippen LogP contribution in [0, 0.1) is 11.7 Å². The van der Waals surface area contributed by atoms with E-state index in [0.717, 1.165) is 12.1 Å². The second-order valence-corrected chi connectivity index (χ2v) is 7.42. The normalized spacial score (nSPS) is 15.9. The van der Waals surface area contributed by atoms with E-state index in [2.05, 4.69) is 15.4 Å². The van der Waals surface area contributed by atoms with Crippen LogP contribution in [0.4, 0.5) is 33.7 Å². The molecule has 4 N–H and O–H groups in total. The quantitative estimate of drug-likeness (QED) is 0.293. The molecule has 34 heavy (non-hydrogen) atoms. The number of halogens is 4. The number of carbonyl (C=O) groups is 3. The zero-order valence-electron chi connectivity index (χ0n) is 17.5. The molecule has 2 aromatic carbocycles. The van der Waals surface area contributed by atoms with Gasteiger partial charge in [-0.25, -0.2) is 14.7 Å². The first kappa shape index (κ1) is 24.8. The van der Waals surface area contributed by atoms with Crippen LogP contribution in [-0.2, 0) is 4.79 Å². The number of urea groups is 1. The smallest absolute Gasteiger partial charge is 0.403 e. The molecule has 1 heterocycles. The third-order valence-electron chi connectivity index (χ3n) is 4.99. The number of carbonyl (C=O) groups excluding carboxylic acids is 3. The number of amides is 4. The van der Waals surface area contributed by atoms with Crippen LogP contribution in [0.5, 0.6) is 5.75 Å². The van der Waals surface area contributed by atoms with Gasteiger partial charge >= 0.3 is 12.4 Å². The summed E-state index contributed by atoms with van der Waals surface area (Å²) in [4.78, 5) is 37.9. The lowest BCUT2D eigenvalue weighted by Crippen LogP contribution is -2.44. The predicted octanol–water partition coefficient (Wildman–Crippen LogP) is 3.73. The van der Waals surface area contributed by atoms with E-state index in [0.29, 0.717) is 36.7 Å². The Labute approximate surface area is 190 Å². The van der Waals surface area contributed by atoms with Crippen LogP contribution in [0.1, 0.15) is 23.2 Å². The van der Waals surface area contributed by atoms with E-state index in [4.69, 9.17) is 5.21 Å². The van der Waals surface area contributed by atoms with Crippen molar-refractivity contribution in [1.82, 2.24) is 10.4 Å². The fourth-order valence-corrected chi connectivity index (χ4v) is 3.43. The number of anilines is 2. The third kappa shape index (κ3) is 6.57. The Hall–Kier alpha value is -3.87. The largest absolute Gasteiger partial charge is 0.573 e. The van der Waals surface area contributed by atoms with Crippen molar-refractivity contribution < 1.29 is 41.9 Å². The minimum absolute atomic E-state index is 0.108. The van der Waals surface area contributed by atoms with Gasteiger partial charge in [0.05, 0.1) is 5.92 Å². The van der Waals surface area contributed by atoms with Gasteiger partial charge in [0.15, 0.2) is 11.6 Å². The molecule has 1 atom stereocenters. The molecule has 0 bridgehead atoms. The summed E-state index contributed by atoms with van der Waals surface area (Å²) in [5, 5.41) is 13.5. The lowest BCUT2D eigenvalue weighted by molar-refractivity contribution is -0.275. The van der Waals surface area contributed by atoms with Crippen LogP contribution in [0.3, 0.4) is 0 Å². The molecule has 9 nitrogen and oxygen atoms in total. The van der Waals surface area contributed by atoms with Crippen molar-refractivity contribution in [1.29, 1.82) is 0 Å². The average molecular weight is 484 g/mol. The number of rotatable bonds is 5. The summed E-state index contributed by atoms with van der Waals surface area (Å²) in [6, 6.07) is 7.49. The van der Waals surface area contributed by atoms with Crippen molar-refractivity contribution in [2.24, 2.45) is 5.92 Å². The van der Waals surface area contributed by atoms with Crippen LogP contribution in [0.15, 0.2) is 42.5 Å². The first-order valence-electron chi connectivity index (χ1n) is 10.0. The van der Waals surface area contributed by atoms with Gasteiger partial charge in [-0.1, -0.05) is 0 Å². The average Bonchev–Trinajstić information content (AvgIpc) is 2.79.